The zero-order valence-corrected chi connectivity index (χ0v) is 42.8. The third-order valence-electron chi connectivity index (χ3n) is 12.4. The molecule has 0 bridgehead atoms. The Morgan fingerprint density at radius 1 is 0.312 bits per heavy atom. The van der Waals surface area contributed by atoms with E-state index in [0.717, 1.165) is 70.6 Å². The third-order valence-corrected chi connectivity index (χ3v) is 12.4. The van der Waals surface area contributed by atoms with Gasteiger partial charge in [-0.1, -0.05) is 256 Å². The van der Waals surface area contributed by atoms with Gasteiger partial charge in [-0.25, -0.2) is 0 Å². The summed E-state index contributed by atoms with van der Waals surface area (Å²) >= 11 is 0. The molecule has 0 radical (unpaired) electrons. The van der Waals surface area contributed by atoms with Gasteiger partial charge in [-0.15, -0.1) is 0 Å². The Balaban J connectivity index is 4.33. The summed E-state index contributed by atoms with van der Waals surface area (Å²) in [5, 5.41) is 0. The lowest BCUT2D eigenvalue weighted by Gasteiger charge is -2.18. The van der Waals surface area contributed by atoms with E-state index in [4.69, 9.17) is 14.2 Å². The summed E-state index contributed by atoms with van der Waals surface area (Å²) < 4.78 is 16.8. The van der Waals surface area contributed by atoms with Gasteiger partial charge in [0.25, 0.3) is 0 Å². The number of hydrogen-bond donors (Lipinski definition) is 0. The molecule has 0 amide bonds. The molecule has 0 aromatic rings. The summed E-state index contributed by atoms with van der Waals surface area (Å²) in [4.78, 5) is 38.0. The number of unbranched alkanes of at least 4 members (excludes halogenated alkanes) is 34. The van der Waals surface area contributed by atoms with Gasteiger partial charge in [0, 0.05) is 19.3 Å². The van der Waals surface area contributed by atoms with E-state index in [0.29, 0.717) is 19.3 Å². The summed E-state index contributed by atoms with van der Waals surface area (Å²) in [5.74, 6) is -0.904. The topological polar surface area (TPSA) is 78.9 Å². The molecule has 0 rings (SSSR count). The van der Waals surface area contributed by atoms with Crippen LogP contribution in [0, 0.1) is 0 Å². The van der Waals surface area contributed by atoms with Gasteiger partial charge in [-0.05, 0) is 57.8 Å². The predicted octanol–water partition coefficient (Wildman–Crippen LogP) is 18.5. The highest BCUT2D eigenvalue weighted by Crippen LogP contribution is 2.17. The Kier molecular flexibility index (Phi) is 51.3. The molecule has 0 aromatic heterocycles. The van der Waals surface area contributed by atoms with Crippen LogP contribution in [-0.4, -0.2) is 37.2 Å². The quantitative estimate of drug-likeness (QED) is 0.0262. The van der Waals surface area contributed by atoms with E-state index >= 15 is 0 Å². The molecular weight excluding hydrogens is 793 g/mol. The first kappa shape index (κ1) is 61.6. The third kappa shape index (κ3) is 50.6. The van der Waals surface area contributed by atoms with Crippen LogP contribution in [0.4, 0.5) is 0 Å². The molecule has 0 N–H and O–H groups in total. The van der Waals surface area contributed by atoms with E-state index < -0.39 is 6.10 Å². The molecule has 0 aliphatic heterocycles. The molecule has 6 nitrogen and oxygen atoms in total. The van der Waals surface area contributed by atoms with Crippen LogP contribution >= 0.6 is 0 Å². The molecular formula is C58H106O6. The highest BCUT2D eigenvalue weighted by Gasteiger charge is 2.19. The second-order valence-corrected chi connectivity index (χ2v) is 18.9. The van der Waals surface area contributed by atoms with Crippen LogP contribution in [0.15, 0.2) is 36.5 Å². The molecule has 64 heavy (non-hydrogen) atoms. The van der Waals surface area contributed by atoms with Gasteiger partial charge in [0.15, 0.2) is 6.10 Å². The molecule has 0 aliphatic rings. The zero-order chi connectivity index (χ0) is 46.5. The van der Waals surface area contributed by atoms with Gasteiger partial charge in [-0.3, -0.25) is 14.4 Å². The number of rotatable bonds is 51. The van der Waals surface area contributed by atoms with Crippen molar-refractivity contribution in [3.63, 3.8) is 0 Å². The largest absolute Gasteiger partial charge is 0.462 e. The summed E-state index contributed by atoms with van der Waals surface area (Å²) in [6, 6.07) is 0. The second kappa shape index (κ2) is 53.2. The minimum atomic E-state index is -0.782. The maximum Gasteiger partial charge on any atom is 0.306 e. The highest BCUT2D eigenvalue weighted by molar-refractivity contribution is 5.71. The normalized spacial score (nSPS) is 12.2. The van der Waals surface area contributed by atoms with E-state index in [9.17, 15) is 14.4 Å². The minimum Gasteiger partial charge on any atom is -0.462 e. The van der Waals surface area contributed by atoms with Crippen molar-refractivity contribution in [3.05, 3.63) is 36.5 Å². The van der Waals surface area contributed by atoms with Crippen molar-refractivity contribution in [1.82, 2.24) is 0 Å². The van der Waals surface area contributed by atoms with Crippen LogP contribution in [-0.2, 0) is 28.6 Å². The first-order valence-electron chi connectivity index (χ1n) is 28.0. The molecule has 6 heteroatoms. The molecule has 0 saturated carbocycles. The lowest BCUT2D eigenvalue weighted by molar-refractivity contribution is -0.167. The van der Waals surface area contributed by atoms with E-state index in [-0.39, 0.29) is 31.1 Å². The molecule has 0 heterocycles. The Morgan fingerprint density at radius 2 is 0.562 bits per heavy atom. The van der Waals surface area contributed by atoms with Gasteiger partial charge in [0.1, 0.15) is 13.2 Å². The lowest BCUT2D eigenvalue weighted by Crippen LogP contribution is -2.30. The Hall–Kier alpha value is -2.37. The molecule has 0 spiro atoms. The number of ether oxygens (including phenoxy) is 3. The number of hydrogen-bond acceptors (Lipinski definition) is 6. The van der Waals surface area contributed by atoms with E-state index in [1.807, 2.05) is 0 Å². The van der Waals surface area contributed by atoms with Gasteiger partial charge >= 0.3 is 17.9 Å². The van der Waals surface area contributed by atoms with Crippen LogP contribution in [0.3, 0.4) is 0 Å². The maximum atomic E-state index is 12.8. The highest BCUT2D eigenvalue weighted by atomic mass is 16.6. The van der Waals surface area contributed by atoms with Crippen molar-refractivity contribution in [2.75, 3.05) is 13.2 Å². The minimum absolute atomic E-state index is 0.0795. The lowest BCUT2D eigenvalue weighted by atomic mass is 10.0. The first-order chi connectivity index (χ1) is 31.5. The molecule has 1 atom stereocenters. The smallest absolute Gasteiger partial charge is 0.306 e. The SMILES string of the molecule is CCCCC/C=C\C/C=C\C/C=C\CCCCC(=O)OC[C@H](COC(=O)CCCCCCCCCCCCCCCCCCCCC)OC(=O)CCCCCCCCCCCCCC. The Labute approximate surface area is 397 Å². The van der Waals surface area contributed by atoms with Crippen molar-refractivity contribution in [2.24, 2.45) is 0 Å². The second-order valence-electron chi connectivity index (χ2n) is 18.9. The van der Waals surface area contributed by atoms with E-state index in [2.05, 4.69) is 57.2 Å². The Morgan fingerprint density at radius 3 is 0.906 bits per heavy atom. The molecule has 0 aliphatic carbocycles. The monoisotopic (exact) mass is 899 g/mol. The summed E-state index contributed by atoms with van der Waals surface area (Å²) in [5.41, 5.74) is 0. The standard InChI is InChI=1S/C58H106O6/c1-4-7-10-13-16-19-22-25-27-28-29-30-32-34-37-39-42-45-48-51-57(60)63-54-55(64-58(61)52-49-46-43-40-35-24-21-18-15-12-9-6-3)53-62-56(59)50-47-44-41-38-36-33-31-26-23-20-17-14-11-8-5-2/h17,20,26,31,36,38,55H,4-16,18-19,21-25,27-30,32-35,37,39-54H2,1-3H3/b20-17-,31-26-,38-36-/t55-/m1/s1. The number of carbonyl (C=O) groups excluding carboxylic acids is 3. The van der Waals surface area contributed by atoms with Crippen LogP contribution in [0.2, 0.25) is 0 Å². The fourth-order valence-electron chi connectivity index (χ4n) is 8.16. The summed E-state index contributed by atoms with van der Waals surface area (Å²) in [6.45, 7) is 6.61. The van der Waals surface area contributed by atoms with Crippen LogP contribution < -0.4 is 0 Å². The van der Waals surface area contributed by atoms with Crippen molar-refractivity contribution in [3.8, 4) is 0 Å². The molecule has 0 unspecified atom stereocenters. The maximum absolute atomic E-state index is 12.8. The molecule has 374 valence electrons. The van der Waals surface area contributed by atoms with Gasteiger partial charge in [0.05, 0.1) is 0 Å². The van der Waals surface area contributed by atoms with Crippen molar-refractivity contribution in [2.45, 2.75) is 303 Å². The predicted molar refractivity (Wildman–Crippen MR) is 275 cm³/mol. The van der Waals surface area contributed by atoms with Gasteiger partial charge in [0.2, 0.25) is 0 Å². The summed E-state index contributed by atoms with van der Waals surface area (Å²) in [6.07, 6.45) is 62.8. The van der Waals surface area contributed by atoms with Crippen LogP contribution in [0.25, 0.3) is 0 Å². The van der Waals surface area contributed by atoms with Crippen molar-refractivity contribution >= 4 is 17.9 Å². The van der Waals surface area contributed by atoms with E-state index in [1.165, 1.54) is 186 Å². The van der Waals surface area contributed by atoms with Crippen LogP contribution in [0.5, 0.6) is 0 Å². The van der Waals surface area contributed by atoms with Crippen molar-refractivity contribution in [1.29, 1.82) is 0 Å². The van der Waals surface area contributed by atoms with Gasteiger partial charge in [-0.2, -0.15) is 0 Å². The fourth-order valence-corrected chi connectivity index (χ4v) is 8.16. The van der Waals surface area contributed by atoms with Gasteiger partial charge < -0.3 is 14.2 Å². The van der Waals surface area contributed by atoms with Crippen LogP contribution in [0.1, 0.15) is 297 Å². The first-order valence-corrected chi connectivity index (χ1v) is 28.0. The average molecular weight is 899 g/mol. The average Bonchev–Trinajstić information content (AvgIpc) is 3.29. The zero-order valence-electron chi connectivity index (χ0n) is 42.8. The molecule has 0 saturated heterocycles. The number of allylic oxidation sites excluding steroid dienone is 6. The molecule has 0 fully saturated rings. The van der Waals surface area contributed by atoms with Crippen molar-refractivity contribution < 1.29 is 28.6 Å². The number of esters is 3. The molecule has 0 aromatic carbocycles. The summed E-state index contributed by atoms with van der Waals surface area (Å²) in [7, 11) is 0. The Bertz CT molecular complexity index is 1080. The number of carbonyl (C=O) groups is 3. The fraction of sp³-hybridized carbons (Fsp3) is 0.845. The van der Waals surface area contributed by atoms with E-state index in [1.54, 1.807) is 0 Å².